The van der Waals surface area contributed by atoms with Gasteiger partial charge in [-0.25, -0.2) is 13.8 Å². The third-order valence-electron chi connectivity index (χ3n) is 5.14. The molecule has 1 aliphatic rings. The summed E-state index contributed by atoms with van der Waals surface area (Å²) < 4.78 is 73.8. The van der Waals surface area contributed by atoms with E-state index in [-0.39, 0.29) is 53.6 Å². The van der Waals surface area contributed by atoms with Gasteiger partial charge in [-0.15, -0.1) is 0 Å². The van der Waals surface area contributed by atoms with Crippen molar-refractivity contribution in [1.29, 1.82) is 0 Å². The van der Waals surface area contributed by atoms with Crippen molar-refractivity contribution < 1.29 is 41.0 Å². The molecule has 3 aromatic rings. The molecule has 2 aromatic carbocycles. The van der Waals surface area contributed by atoms with Crippen molar-refractivity contribution in [2.75, 3.05) is 13.2 Å². The first kappa shape index (κ1) is 27.9. The van der Waals surface area contributed by atoms with Crippen LogP contribution in [0.5, 0.6) is 11.5 Å². The number of hydrogen-bond acceptors (Lipinski definition) is 7. The van der Waals surface area contributed by atoms with E-state index in [0.717, 1.165) is 6.07 Å². The van der Waals surface area contributed by atoms with Gasteiger partial charge in [0.1, 0.15) is 17.7 Å². The molecule has 1 aliphatic heterocycles. The lowest BCUT2D eigenvalue weighted by molar-refractivity contribution is -0.0520. The normalized spacial score (nSPS) is 14.8. The predicted molar refractivity (Wildman–Crippen MR) is 125 cm³/mol. The number of aromatic nitrogens is 1. The standard InChI is InChI=1S/C23H21F4N3O5.C2H6/c24-14-3-1-13(16(25)8-14)10-29-21(31)20-19(9-28)34-22(30-20)12-2-4-17(35-23(26)27)18(7-12)33-15-5-6-32-11-15;1-2/h1-4,7-8,15,23H,5-6,9-11,28H2,(H,29,31);1-2H3. The Morgan fingerprint density at radius 2 is 1.97 bits per heavy atom. The zero-order chi connectivity index (χ0) is 26.9. The first-order chi connectivity index (χ1) is 17.8. The van der Waals surface area contributed by atoms with Crippen LogP contribution in [0.3, 0.4) is 0 Å². The van der Waals surface area contributed by atoms with Gasteiger partial charge < -0.3 is 29.7 Å². The Kier molecular flexibility index (Phi) is 9.86. The van der Waals surface area contributed by atoms with Crippen LogP contribution in [0.2, 0.25) is 0 Å². The van der Waals surface area contributed by atoms with E-state index in [9.17, 15) is 22.4 Å². The molecule has 1 amide bonds. The van der Waals surface area contributed by atoms with Gasteiger partial charge >= 0.3 is 6.61 Å². The van der Waals surface area contributed by atoms with Crippen molar-refractivity contribution in [3.63, 3.8) is 0 Å². The van der Waals surface area contributed by atoms with Gasteiger partial charge in [0, 0.05) is 30.2 Å². The number of nitrogens with one attached hydrogen (secondary N) is 1. The summed E-state index contributed by atoms with van der Waals surface area (Å²) in [5.41, 5.74) is 5.95. The van der Waals surface area contributed by atoms with Crippen LogP contribution >= 0.6 is 0 Å². The summed E-state index contributed by atoms with van der Waals surface area (Å²) in [5.74, 6) is -2.35. The highest BCUT2D eigenvalue weighted by molar-refractivity contribution is 5.93. The molecule has 3 N–H and O–H groups in total. The fourth-order valence-electron chi connectivity index (χ4n) is 3.43. The maximum atomic E-state index is 13.8. The number of ether oxygens (including phenoxy) is 3. The van der Waals surface area contributed by atoms with Crippen LogP contribution < -0.4 is 20.5 Å². The third kappa shape index (κ3) is 7.20. The lowest BCUT2D eigenvalue weighted by Crippen LogP contribution is -2.25. The van der Waals surface area contributed by atoms with Gasteiger partial charge in [0.25, 0.3) is 5.91 Å². The molecule has 0 bridgehead atoms. The van der Waals surface area contributed by atoms with Crippen LogP contribution in [0.1, 0.15) is 42.1 Å². The van der Waals surface area contributed by atoms with Crippen LogP contribution in [0.4, 0.5) is 17.6 Å². The molecule has 12 heteroatoms. The van der Waals surface area contributed by atoms with Gasteiger partial charge in [-0.1, -0.05) is 19.9 Å². The van der Waals surface area contributed by atoms with E-state index >= 15 is 0 Å². The lowest BCUT2D eigenvalue weighted by Gasteiger charge is -2.16. The van der Waals surface area contributed by atoms with E-state index in [2.05, 4.69) is 15.0 Å². The molecule has 0 spiro atoms. The average molecular weight is 525 g/mol. The van der Waals surface area contributed by atoms with E-state index in [0.29, 0.717) is 31.3 Å². The highest BCUT2D eigenvalue weighted by Gasteiger charge is 2.24. The summed E-state index contributed by atoms with van der Waals surface area (Å²) in [6.07, 6.45) is 0.232. The molecule has 1 unspecified atom stereocenters. The molecule has 1 aromatic heterocycles. The average Bonchev–Trinajstić information content (AvgIpc) is 3.55. The number of halogens is 4. The smallest absolute Gasteiger partial charge is 0.387 e. The quantitative estimate of drug-likeness (QED) is 0.386. The Bertz CT molecular complexity index is 1200. The van der Waals surface area contributed by atoms with Crippen molar-refractivity contribution in [2.45, 2.75) is 46.1 Å². The summed E-state index contributed by atoms with van der Waals surface area (Å²) in [4.78, 5) is 16.8. The number of benzene rings is 2. The molecular formula is C25H27F4N3O5. The summed E-state index contributed by atoms with van der Waals surface area (Å²) in [7, 11) is 0. The molecule has 0 radical (unpaired) electrons. The predicted octanol–water partition coefficient (Wildman–Crippen LogP) is 4.80. The third-order valence-corrected chi connectivity index (χ3v) is 5.14. The number of nitrogens with two attached hydrogens (primary N) is 1. The molecule has 2 heterocycles. The molecule has 0 aliphatic carbocycles. The van der Waals surface area contributed by atoms with Crippen LogP contribution in [0.25, 0.3) is 11.5 Å². The Balaban J connectivity index is 0.00000186. The second-order valence-electron chi connectivity index (χ2n) is 7.56. The van der Waals surface area contributed by atoms with E-state index in [4.69, 9.17) is 19.6 Å². The summed E-state index contributed by atoms with van der Waals surface area (Å²) in [6, 6.07) is 7.08. The van der Waals surface area contributed by atoms with Gasteiger partial charge in [-0.2, -0.15) is 8.78 Å². The molecule has 1 saturated heterocycles. The highest BCUT2D eigenvalue weighted by atomic mass is 19.3. The monoisotopic (exact) mass is 525 g/mol. The topological polar surface area (TPSA) is 109 Å². The minimum Gasteiger partial charge on any atom is -0.484 e. The Hall–Kier alpha value is -3.64. The number of alkyl halides is 2. The summed E-state index contributed by atoms with van der Waals surface area (Å²) in [5, 5.41) is 2.48. The first-order valence-corrected chi connectivity index (χ1v) is 11.6. The minimum atomic E-state index is -3.06. The number of carbonyl (C=O) groups is 1. The number of rotatable bonds is 9. The van der Waals surface area contributed by atoms with Gasteiger partial charge in [0.2, 0.25) is 5.89 Å². The van der Waals surface area contributed by atoms with Crippen molar-refractivity contribution in [3.8, 4) is 23.0 Å². The molecule has 4 rings (SSSR count). The molecule has 1 atom stereocenters. The van der Waals surface area contributed by atoms with Crippen LogP contribution in [0, 0.1) is 11.6 Å². The van der Waals surface area contributed by atoms with Gasteiger partial charge in [0.15, 0.2) is 23.0 Å². The van der Waals surface area contributed by atoms with Gasteiger partial charge in [-0.05, 0) is 24.3 Å². The SMILES string of the molecule is CC.NCc1oc(-c2ccc(OC(F)F)c(OC3CCOC3)c2)nc1C(=O)NCc1ccc(F)cc1F. The number of nitrogens with zero attached hydrogens (tertiary/aromatic N) is 1. The first-order valence-electron chi connectivity index (χ1n) is 11.6. The van der Waals surface area contributed by atoms with E-state index in [1.54, 1.807) is 0 Å². The van der Waals surface area contributed by atoms with Gasteiger partial charge in [-0.3, -0.25) is 4.79 Å². The largest absolute Gasteiger partial charge is 0.484 e. The van der Waals surface area contributed by atoms with Crippen molar-refractivity contribution in [2.24, 2.45) is 5.73 Å². The molecule has 200 valence electrons. The second-order valence-corrected chi connectivity index (χ2v) is 7.56. The van der Waals surface area contributed by atoms with E-state index in [1.807, 2.05) is 13.8 Å². The maximum Gasteiger partial charge on any atom is 0.387 e. The second kappa shape index (κ2) is 13.1. The van der Waals surface area contributed by atoms with Crippen LogP contribution in [-0.2, 0) is 17.8 Å². The van der Waals surface area contributed by atoms with Crippen molar-refractivity contribution >= 4 is 5.91 Å². The molecular weight excluding hydrogens is 498 g/mol. The molecule has 0 saturated carbocycles. The number of carbonyl (C=O) groups excluding carboxylic acids is 1. The van der Waals surface area contributed by atoms with Crippen LogP contribution in [-0.4, -0.2) is 36.8 Å². The Morgan fingerprint density at radius 3 is 2.62 bits per heavy atom. The van der Waals surface area contributed by atoms with Crippen molar-refractivity contribution in [3.05, 3.63) is 65.1 Å². The highest BCUT2D eigenvalue weighted by Crippen LogP contribution is 2.35. The van der Waals surface area contributed by atoms with E-state index in [1.165, 1.54) is 24.3 Å². The minimum absolute atomic E-state index is 0.0142. The number of oxazole rings is 1. The zero-order valence-corrected chi connectivity index (χ0v) is 20.2. The Morgan fingerprint density at radius 1 is 1.19 bits per heavy atom. The Labute approximate surface area is 210 Å². The fourth-order valence-corrected chi connectivity index (χ4v) is 3.43. The molecule has 1 fully saturated rings. The van der Waals surface area contributed by atoms with Crippen LogP contribution in [0.15, 0.2) is 40.8 Å². The number of amides is 1. The molecule has 37 heavy (non-hydrogen) atoms. The maximum absolute atomic E-state index is 13.8. The summed E-state index contributed by atoms with van der Waals surface area (Å²) in [6.45, 7) is 1.33. The fraction of sp³-hybridized carbons (Fsp3) is 0.360. The van der Waals surface area contributed by atoms with Gasteiger partial charge in [0.05, 0.1) is 19.8 Å². The van der Waals surface area contributed by atoms with Crippen molar-refractivity contribution in [1.82, 2.24) is 10.3 Å². The number of hydrogen-bond donors (Lipinski definition) is 2. The van der Waals surface area contributed by atoms with E-state index < -0.39 is 24.2 Å². The zero-order valence-electron chi connectivity index (χ0n) is 20.2. The lowest BCUT2D eigenvalue weighted by atomic mass is 10.2. The summed E-state index contributed by atoms with van der Waals surface area (Å²) >= 11 is 0. The molecule has 8 nitrogen and oxygen atoms in total.